The molecule has 1 fully saturated rings. The van der Waals surface area contributed by atoms with Gasteiger partial charge in [-0.3, -0.25) is 9.69 Å². The lowest BCUT2D eigenvalue weighted by molar-refractivity contribution is -0.139. The molecular formula is C23H21BrN2O3S. The van der Waals surface area contributed by atoms with Gasteiger partial charge >= 0.3 is 5.97 Å². The van der Waals surface area contributed by atoms with Gasteiger partial charge in [0.2, 0.25) is 5.91 Å². The highest BCUT2D eigenvalue weighted by Gasteiger charge is 2.47. The molecule has 0 aliphatic carbocycles. The van der Waals surface area contributed by atoms with Crippen LogP contribution in [0.25, 0.3) is 0 Å². The highest BCUT2D eigenvalue weighted by molar-refractivity contribution is 9.10. The van der Waals surface area contributed by atoms with Gasteiger partial charge < -0.3 is 4.74 Å². The molecule has 7 heteroatoms. The van der Waals surface area contributed by atoms with Crippen molar-refractivity contribution < 1.29 is 14.3 Å². The van der Waals surface area contributed by atoms with Gasteiger partial charge in [0, 0.05) is 4.47 Å². The fraction of sp³-hybridized carbons (Fsp3) is 0.261. The van der Waals surface area contributed by atoms with Crippen molar-refractivity contribution in [1.29, 1.82) is 0 Å². The SMILES string of the molecule is CCOC(=O)C1=C(C)N=C2S[C@H](Cc3ccc(Br)cc3)C(=O)N2[C@@H]1c1ccccc1. The van der Waals surface area contributed by atoms with Gasteiger partial charge in [0.25, 0.3) is 0 Å². The molecule has 2 aromatic rings. The Hall–Kier alpha value is -2.38. The van der Waals surface area contributed by atoms with Crippen LogP contribution in [0, 0.1) is 0 Å². The van der Waals surface area contributed by atoms with E-state index < -0.39 is 12.0 Å². The molecule has 0 saturated carbocycles. The van der Waals surface area contributed by atoms with E-state index in [0.29, 0.717) is 22.9 Å². The summed E-state index contributed by atoms with van der Waals surface area (Å²) in [7, 11) is 0. The maximum atomic E-state index is 13.5. The molecule has 5 nitrogen and oxygen atoms in total. The number of halogens is 1. The quantitative estimate of drug-likeness (QED) is 0.567. The number of amidine groups is 1. The van der Waals surface area contributed by atoms with E-state index in [1.54, 1.807) is 18.7 Å². The first-order valence-electron chi connectivity index (χ1n) is 9.75. The molecule has 1 saturated heterocycles. The van der Waals surface area contributed by atoms with Gasteiger partial charge in [-0.05, 0) is 43.5 Å². The second kappa shape index (κ2) is 8.78. The maximum absolute atomic E-state index is 13.5. The average molecular weight is 485 g/mol. The predicted octanol–water partition coefficient (Wildman–Crippen LogP) is 4.88. The van der Waals surface area contributed by atoms with Crippen LogP contribution in [0.3, 0.4) is 0 Å². The van der Waals surface area contributed by atoms with Gasteiger partial charge in [0.1, 0.15) is 0 Å². The molecule has 2 aliphatic rings. The monoisotopic (exact) mass is 484 g/mol. The third-order valence-electron chi connectivity index (χ3n) is 5.10. The molecular weight excluding hydrogens is 464 g/mol. The molecule has 4 rings (SSSR count). The van der Waals surface area contributed by atoms with Gasteiger partial charge in [-0.1, -0.05) is 70.2 Å². The summed E-state index contributed by atoms with van der Waals surface area (Å²) < 4.78 is 6.31. The number of esters is 1. The third-order valence-corrected chi connectivity index (χ3v) is 6.78. The number of fused-ring (bicyclic) bond motifs is 1. The first kappa shape index (κ1) is 20.9. The zero-order valence-electron chi connectivity index (χ0n) is 16.7. The Balaban J connectivity index is 1.71. The van der Waals surface area contributed by atoms with Crippen LogP contribution in [0.5, 0.6) is 0 Å². The smallest absolute Gasteiger partial charge is 0.338 e. The molecule has 0 bridgehead atoms. The number of hydrogen-bond donors (Lipinski definition) is 0. The number of aliphatic imine (C=N–C) groups is 1. The van der Waals surface area contributed by atoms with E-state index in [-0.39, 0.29) is 17.8 Å². The zero-order valence-corrected chi connectivity index (χ0v) is 19.1. The minimum atomic E-state index is -0.535. The van der Waals surface area contributed by atoms with Crippen molar-refractivity contribution in [1.82, 2.24) is 4.90 Å². The lowest BCUT2D eigenvalue weighted by atomic mass is 9.94. The van der Waals surface area contributed by atoms with Gasteiger partial charge in [0.15, 0.2) is 5.17 Å². The van der Waals surface area contributed by atoms with Crippen molar-refractivity contribution >= 4 is 44.7 Å². The largest absolute Gasteiger partial charge is 0.463 e. The molecule has 0 unspecified atom stereocenters. The molecule has 1 amide bonds. The van der Waals surface area contributed by atoms with E-state index >= 15 is 0 Å². The Morgan fingerprint density at radius 3 is 2.53 bits per heavy atom. The second-order valence-electron chi connectivity index (χ2n) is 7.07. The highest BCUT2D eigenvalue weighted by atomic mass is 79.9. The van der Waals surface area contributed by atoms with Gasteiger partial charge in [-0.25, -0.2) is 9.79 Å². The Kier molecular flexibility index (Phi) is 6.11. The number of carbonyl (C=O) groups is 2. The second-order valence-corrected chi connectivity index (χ2v) is 9.16. The molecule has 0 radical (unpaired) electrons. The average Bonchev–Trinajstić information content (AvgIpc) is 3.04. The maximum Gasteiger partial charge on any atom is 0.338 e. The van der Waals surface area contributed by atoms with Crippen LogP contribution in [0.2, 0.25) is 0 Å². The number of nitrogens with zero attached hydrogens (tertiary/aromatic N) is 2. The Morgan fingerprint density at radius 2 is 1.87 bits per heavy atom. The minimum absolute atomic E-state index is 0.0372. The summed E-state index contributed by atoms with van der Waals surface area (Å²) in [5, 5.41) is 0.354. The number of hydrogen-bond acceptors (Lipinski definition) is 5. The Bertz CT molecular complexity index is 1030. The number of amides is 1. The van der Waals surface area contributed by atoms with Crippen LogP contribution in [0.4, 0.5) is 0 Å². The summed E-state index contributed by atoms with van der Waals surface area (Å²) in [6.07, 6.45) is 0.599. The van der Waals surface area contributed by atoms with Crippen LogP contribution < -0.4 is 0 Å². The van der Waals surface area contributed by atoms with E-state index in [1.165, 1.54) is 11.8 Å². The fourth-order valence-electron chi connectivity index (χ4n) is 3.72. The van der Waals surface area contributed by atoms with Gasteiger partial charge in [-0.2, -0.15) is 0 Å². The number of thioether (sulfide) groups is 1. The summed E-state index contributed by atoms with van der Waals surface area (Å²) in [6, 6.07) is 17.0. The molecule has 2 aromatic carbocycles. The van der Waals surface area contributed by atoms with Gasteiger partial charge in [0.05, 0.1) is 29.2 Å². The Morgan fingerprint density at radius 1 is 1.17 bits per heavy atom. The number of benzene rings is 2. The number of rotatable bonds is 5. The number of allylic oxidation sites excluding steroid dienone is 1. The normalized spacial score (nSPS) is 20.8. The van der Waals surface area contributed by atoms with Crippen LogP contribution in [0.1, 0.15) is 31.0 Å². The number of ether oxygens (including phenoxy) is 1. The first-order valence-corrected chi connectivity index (χ1v) is 11.4. The van der Waals surface area contributed by atoms with E-state index in [4.69, 9.17) is 4.74 Å². The van der Waals surface area contributed by atoms with Crippen molar-refractivity contribution in [2.24, 2.45) is 4.99 Å². The molecule has 30 heavy (non-hydrogen) atoms. The summed E-state index contributed by atoms with van der Waals surface area (Å²) >= 11 is 4.90. The molecule has 0 N–H and O–H groups in total. The van der Waals surface area contributed by atoms with E-state index in [1.807, 2.05) is 54.6 Å². The van der Waals surface area contributed by atoms with E-state index in [0.717, 1.165) is 15.6 Å². The third kappa shape index (κ3) is 3.96. The summed E-state index contributed by atoms with van der Waals surface area (Å²) in [6.45, 7) is 3.84. The fourth-order valence-corrected chi connectivity index (χ4v) is 5.22. The van der Waals surface area contributed by atoms with Crippen LogP contribution in [0.15, 0.2) is 75.3 Å². The standard InChI is InChI=1S/C23H21BrN2O3S/c1-3-29-22(28)19-14(2)25-23-26(20(19)16-7-5-4-6-8-16)21(27)18(30-23)13-15-9-11-17(24)12-10-15/h4-12,18,20H,3,13H2,1-2H3/t18-,20-/m1/s1. The Labute approximate surface area is 188 Å². The van der Waals surface area contributed by atoms with Crippen molar-refractivity contribution in [2.45, 2.75) is 31.6 Å². The first-order chi connectivity index (χ1) is 14.5. The molecule has 2 aliphatic heterocycles. The molecule has 0 spiro atoms. The van der Waals surface area contributed by atoms with Crippen molar-refractivity contribution in [3.05, 3.63) is 81.5 Å². The molecule has 154 valence electrons. The van der Waals surface area contributed by atoms with Crippen molar-refractivity contribution in [3.8, 4) is 0 Å². The van der Waals surface area contributed by atoms with Crippen LogP contribution in [-0.2, 0) is 20.7 Å². The molecule has 2 atom stereocenters. The van der Waals surface area contributed by atoms with Crippen LogP contribution >= 0.6 is 27.7 Å². The van der Waals surface area contributed by atoms with Crippen molar-refractivity contribution in [2.75, 3.05) is 6.61 Å². The molecule has 2 heterocycles. The lowest BCUT2D eigenvalue weighted by Gasteiger charge is -2.33. The highest BCUT2D eigenvalue weighted by Crippen LogP contribution is 2.44. The molecule has 0 aromatic heterocycles. The topological polar surface area (TPSA) is 59.0 Å². The summed E-state index contributed by atoms with van der Waals surface area (Å²) in [4.78, 5) is 32.5. The van der Waals surface area contributed by atoms with Crippen LogP contribution in [-0.4, -0.2) is 33.8 Å². The van der Waals surface area contributed by atoms with Crippen molar-refractivity contribution in [3.63, 3.8) is 0 Å². The van der Waals surface area contributed by atoms with E-state index in [9.17, 15) is 9.59 Å². The minimum Gasteiger partial charge on any atom is -0.463 e. The van der Waals surface area contributed by atoms with Gasteiger partial charge in [-0.15, -0.1) is 0 Å². The predicted molar refractivity (Wildman–Crippen MR) is 122 cm³/mol. The lowest BCUT2D eigenvalue weighted by Crippen LogP contribution is -2.41. The summed E-state index contributed by atoms with van der Waals surface area (Å²) in [5.74, 6) is -0.467. The van der Waals surface area contributed by atoms with E-state index in [2.05, 4.69) is 20.9 Å². The summed E-state index contributed by atoms with van der Waals surface area (Å²) in [5.41, 5.74) is 2.96. The zero-order chi connectivity index (χ0) is 21.3. The number of carbonyl (C=O) groups excluding carboxylic acids is 2.